The topological polar surface area (TPSA) is 115 Å². The second-order valence-electron chi connectivity index (χ2n) is 8.83. The molecule has 0 fully saturated rings. The van der Waals surface area contributed by atoms with Gasteiger partial charge in [-0.05, 0) is 53.7 Å². The maximum Gasteiger partial charge on any atom is 0.515 e. The van der Waals surface area contributed by atoms with E-state index < -0.39 is 35.1 Å². The third-order valence-electron chi connectivity index (χ3n) is 3.60. The van der Waals surface area contributed by atoms with Gasteiger partial charge in [0.05, 0.1) is 0 Å². The Morgan fingerprint density at radius 2 is 1.67 bits per heavy atom. The van der Waals surface area contributed by atoms with Gasteiger partial charge in [0, 0.05) is 12.3 Å². The zero-order valence-electron chi connectivity index (χ0n) is 18.8. The van der Waals surface area contributed by atoms with Crippen LogP contribution in [0.15, 0.2) is 24.4 Å². The molecular weight excluding hydrogens is 442 g/mol. The number of hydrogen-bond acceptors (Lipinski definition) is 9. The lowest BCUT2D eigenvalue weighted by atomic mass is 10.2. The van der Waals surface area contributed by atoms with Gasteiger partial charge < -0.3 is 18.9 Å². The van der Waals surface area contributed by atoms with E-state index in [9.17, 15) is 18.4 Å². The summed E-state index contributed by atoms with van der Waals surface area (Å²) < 4.78 is 48.6. The van der Waals surface area contributed by atoms with Crippen molar-refractivity contribution in [1.82, 2.24) is 19.7 Å². The second-order valence-corrected chi connectivity index (χ2v) is 8.83. The van der Waals surface area contributed by atoms with E-state index in [-0.39, 0.29) is 28.7 Å². The van der Waals surface area contributed by atoms with Gasteiger partial charge in [-0.15, -0.1) is 9.78 Å². The summed E-state index contributed by atoms with van der Waals surface area (Å²) in [5.41, 5.74) is -1.85. The Labute approximate surface area is 187 Å². The lowest BCUT2D eigenvalue weighted by Gasteiger charge is -2.19. The van der Waals surface area contributed by atoms with Crippen molar-refractivity contribution < 1.29 is 37.3 Å². The van der Waals surface area contributed by atoms with E-state index in [1.165, 1.54) is 0 Å². The summed E-state index contributed by atoms with van der Waals surface area (Å²) in [5.74, 6) is -2.43. The third-order valence-corrected chi connectivity index (χ3v) is 3.60. The molecule has 33 heavy (non-hydrogen) atoms. The van der Waals surface area contributed by atoms with Crippen LogP contribution in [-0.4, -0.2) is 43.2 Å². The first-order valence-corrected chi connectivity index (χ1v) is 9.75. The van der Waals surface area contributed by atoms with Crippen molar-refractivity contribution in [2.45, 2.75) is 52.7 Å². The van der Waals surface area contributed by atoms with E-state index in [4.69, 9.17) is 18.9 Å². The SMILES string of the molecule is CC(C)(C)OC(=O)Oc1nn(C(=O)OC(C)(C)C)c2nc(Oc3ccc(F)cc3F)ncc12. The summed E-state index contributed by atoms with van der Waals surface area (Å²) in [6, 6.07) is 2.31. The molecular formula is C21H22F2N4O6. The highest BCUT2D eigenvalue weighted by atomic mass is 19.1. The molecule has 10 nitrogen and oxygen atoms in total. The fourth-order valence-electron chi connectivity index (χ4n) is 2.42. The largest absolute Gasteiger partial charge is 0.515 e. The molecule has 0 unspecified atom stereocenters. The van der Waals surface area contributed by atoms with Gasteiger partial charge in [0.2, 0.25) is 0 Å². The van der Waals surface area contributed by atoms with E-state index >= 15 is 0 Å². The molecule has 176 valence electrons. The van der Waals surface area contributed by atoms with Crippen LogP contribution in [0.25, 0.3) is 11.0 Å². The Morgan fingerprint density at radius 3 is 2.27 bits per heavy atom. The number of benzene rings is 1. The molecule has 0 amide bonds. The lowest BCUT2D eigenvalue weighted by molar-refractivity contribution is 0.0194. The molecule has 0 aliphatic carbocycles. The summed E-state index contributed by atoms with van der Waals surface area (Å²) in [4.78, 5) is 32.8. The van der Waals surface area contributed by atoms with Crippen LogP contribution in [0.3, 0.4) is 0 Å². The zero-order chi connectivity index (χ0) is 24.6. The molecule has 0 radical (unpaired) electrons. The second kappa shape index (κ2) is 8.60. The molecule has 0 aliphatic heterocycles. The summed E-state index contributed by atoms with van der Waals surface area (Å²) in [6.07, 6.45) is -0.830. The summed E-state index contributed by atoms with van der Waals surface area (Å²) in [6.45, 7) is 9.88. The van der Waals surface area contributed by atoms with Crippen molar-refractivity contribution in [3.8, 4) is 17.6 Å². The average Bonchev–Trinajstić information content (AvgIpc) is 2.99. The number of rotatable bonds is 3. The molecule has 1 aromatic carbocycles. The van der Waals surface area contributed by atoms with Crippen LogP contribution in [0.2, 0.25) is 0 Å². The van der Waals surface area contributed by atoms with Gasteiger partial charge in [0.1, 0.15) is 22.4 Å². The number of nitrogens with zero attached hydrogens (tertiary/aromatic N) is 4. The maximum atomic E-state index is 13.9. The zero-order valence-corrected chi connectivity index (χ0v) is 18.8. The van der Waals surface area contributed by atoms with E-state index in [2.05, 4.69) is 15.1 Å². The van der Waals surface area contributed by atoms with Crippen LogP contribution in [0.5, 0.6) is 17.6 Å². The first-order valence-electron chi connectivity index (χ1n) is 9.75. The molecule has 3 aromatic rings. The molecule has 0 saturated carbocycles. The Bertz CT molecular complexity index is 1210. The number of fused-ring (bicyclic) bond motifs is 1. The van der Waals surface area contributed by atoms with E-state index in [1.807, 2.05) is 0 Å². The standard InChI is InChI=1S/C21H22F2N4O6/c1-20(2,3)32-18(28)27-15-12(16(26-27)31-19(29)33-21(4,5)6)10-24-17(25-15)30-14-8-7-11(22)9-13(14)23/h7-10H,1-6H3. The quantitative estimate of drug-likeness (QED) is 0.494. The first kappa shape index (κ1) is 23.8. The van der Waals surface area contributed by atoms with Gasteiger partial charge in [-0.2, -0.15) is 4.98 Å². The minimum atomic E-state index is -1.06. The van der Waals surface area contributed by atoms with E-state index in [0.717, 1.165) is 23.0 Å². The van der Waals surface area contributed by atoms with Gasteiger partial charge in [-0.25, -0.2) is 23.4 Å². The van der Waals surface area contributed by atoms with E-state index in [0.29, 0.717) is 6.07 Å². The average molecular weight is 464 g/mol. The molecule has 2 heterocycles. The minimum Gasteiger partial charge on any atom is -0.442 e. The van der Waals surface area contributed by atoms with Crippen molar-refractivity contribution in [3.05, 3.63) is 36.0 Å². The van der Waals surface area contributed by atoms with Gasteiger partial charge >= 0.3 is 18.3 Å². The summed E-state index contributed by atoms with van der Waals surface area (Å²) >= 11 is 0. The van der Waals surface area contributed by atoms with Gasteiger partial charge in [0.15, 0.2) is 17.2 Å². The molecule has 12 heteroatoms. The monoisotopic (exact) mass is 464 g/mol. The highest BCUT2D eigenvalue weighted by Crippen LogP contribution is 2.28. The summed E-state index contributed by atoms with van der Waals surface area (Å²) in [7, 11) is 0. The Kier molecular flexibility index (Phi) is 6.21. The molecule has 3 rings (SSSR count). The number of hydrogen-bond donors (Lipinski definition) is 0. The highest BCUT2D eigenvalue weighted by molar-refractivity contribution is 5.89. The fourth-order valence-corrected chi connectivity index (χ4v) is 2.42. The van der Waals surface area contributed by atoms with Crippen LogP contribution in [-0.2, 0) is 9.47 Å². The molecule has 0 saturated heterocycles. The molecule has 0 aliphatic rings. The molecule has 0 spiro atoms. The van der Waals surface area contributed by atoms with Crippen LogP contribution >= 0.6 is 0 Å². The van der Waals surface area contributed by atoms with Crippen LogP contribution < -0.4 is 9.47 Å². The van der Waals surface area contributed by atoms with Crippen molar-refractivity contribution in [1.29, 1.82) is 0 Å². The predicted molar refractivity (Wildman–Crippen MR) is 110 cm³/mol. The van der Waals surface area contributed by atoms with Crippen LogP contribution in [0, 0.1) is 11.6 Å². The highest BCUT2D eigenvalue weighted by Gasteiger charge is 2.27. The number of halogens is 2. The van der Waals surface area contributed by atoms with Crippen molar-refractivity contribution in [2.75, 3.05) is 0 Å². The lowest BCUT2D eigenvalue weighted by Crippen LogP contribution is -2.28. The maximum absolute atomic E-state index is 13.9. The number of aromatic nitrogens is 4. The predicted octanol–water partition coefficient (Wildman–Crippen LogP) is 4.99. The van der Waals surface area contributed by atoms with Crippen molar-refractivity contribution in [3.63, 3.8) is 0 Å². The van der Waals surface area contributed by atoms with E-state index in [1.54, 1.807) is 41.5 Å². The normalized spacial score (nSPS) is 11.9. The number of carbonyl (C=O) groups excluding carboxylic acids is 2. The first-order chi connectivity index (χ1) is 15.2. The Balaban J connectivity index is 2.02. The van der Waals surface area contributed by atoms with Crippen LogP contribution in [0.4, 0.5) is 18.4 Å². The molecule has 0 bridgehead atoms. The number of ether oxygens (including phenoxy) is 4. The Hall–Kier alpha value is -3.83. The molecule has 2 aromatic heterocycles. The molecule has 0 N–H and O–H groups in total. The van der Waals surface area contributed by atoms with Crippen molar-refractivity contribution in [2.24, 2.45) is 0 Å². The van der Waals surface area contributed by atoms with Crippen LogP contribution in [0.1, 0.15) is 41.5 Å². The van der Waals surface area contributed by atoms with Crippen molar-refractivity contribution >= 4 is 23.3 Å². The Morgan fingerprint density at radius 1 is 1.00 bits per heavy atom. The fraction of sp³-hybridized carbons (Fsp3) is 0.381. The van der Waals surface area contributed by atoms with Gasteiger partial charge in [-0.1, -0.05) is 0 Å². The summed E-state index contributed by atoms with van der Waals surface area (Å²) in [5, 5.41) is 4.01. The molecule has 0 atom stereocenters. The number of carbonyl (C=O) groups is 2. The van der Waals surface area contributed by atoms with Gasteiger partial charge in [-0.3, -0.25) is 0 Å². The minimum absolute atomic E-state index is 0.0543. The smallest absolute Gasteiger partial charge is 0.442 e. The third kappa shape index (κ3) is 6.11. The van der Waals surface area contributed by atoms with Gasteiger partial charge in [0.25, 0.3) is 5.88 Å².